The van der Waals surface area contributed by atoms with E-state index in [1.165, 1.54) is 17.5 Å². The van der Waals surface area contributed by atoms with Crippen molar-refractivity contribution in [2.24, 2.45) is 0 Å². The van der Waals surface area contributed by atoms with E-state index in [4.69, 9.17) is 0 Å². The van der Waals surface area contributed by atoms with Gasteiger partial charge in [-0.05, 0) is 48.7 Å². The normalized spacial score (nSPS) is 17.4. The van der Waals surface area contributed by atoms with E-state index >= 15 is 0 Å². The van der Waals surface area contributed by atoms with Gasteiger partial charge in [0.25, 0.3) is 0 Å². The van der Waals surface area contributed by atoms with Crippen molar-refractivity contribution < 1.29 is 0 Å². The quantitative estimate of drug-likeness (QED) is 0.384. The van der Waals surface area contributed by atoms with Gasteiger partial charge >= 0.3 is 0 Å². The molecule has 1 saturated heterocycles. The Kier molecular flexibility index (Phi) is 5.40. The number of thiophene rings is 1. The third-order valence-electron chi connectivity index (χ3n) is 5.97. The lowest BCUT2D eigenvalue weighted by Gasteiger charge is -2.16. The number of nitrogens with zero attached hydrogens (tertiary/aromatic N) is 3. The average molecular weight is 453 g/mol. The molecule has 0 aliphatic carbocycles. The van der Waals surface area contributed by atoms with Crippen LogP contribution in [0.5, 0.6) is 0 Å². The Morgan fingerprint density at radius 1 is 1.12 bits per heavy atom. The standard InChI is InChI=1S/C26H24N6S/c1-2-5-18(6-3-1)15-32-16-19-8-9-21(13-23(19)31-32)30-26-25-24(28-17-29-26)14-22(33-25)11-10-20-7-4-12-27-20/h1-3,5-6,8-9,13-14,17,20,27,31H,4,7,12,15-16H2,(H,28,29,30)/t20-/m1/s1. The molecule has 6 rings (SSSR count). The van der Waals surface area contributed by atoms with Crippen LogP contribution < -0.4 is 16.1 Å². The lowest BCUT2D eigenvalue weighted by atomic mass is 10.1. The summed E-state index contributed by atoms with van der Waals surface area (Å²) in [6.07, 6.45) is 3.94. The molecule has 2 aliphatic heterocycles. The Hall–Kier alpha value is -3.44. The summed E-state index contributed by atoms with van der Waals surface area (Å²) in [5, 5.41) is 9.15. The van der Waals surface area contributed by atoms with E-state index in [1.807, 2.05) is 6.07 Å². The monoisotopic (exact) mass is 452 g/mol. The summed E-state index contributed by atoms with van der Waals surface area (Å²) in [7, 11) is 0. The fraction of sp³-hybridized carbons (Fsp3) is 0.231. The minimum absolute atomic E-state index is 0.305. The zero-order valence-electron chi connectivity index (χ0n) is 18.1. The van der Waals surface area contributed by atoms with Crippen LogP contribution in [0.25, 0.3) is 10.2 Å². The number of hydrazine groups is 1. The van der Waals surface area contributed by atoms with Crippen molar-refractivity contribution >= 4 is 38.7 Å². The molecule has 0 spiro atoms. The summed E-state index contributed by atoms with van der Waals surface area (Å²) in [5.74, 6) is 7.48. The van der Waals surface area contributed by atoms with Crippen LogP contribution >= 0.6 is 11.3 Å². The molecule has 0 unspecified atom stereocenters. The van der Waals surface area contributed by atoms with Crippen LogP contribution in [0, 0.1) is 11.8 Å². The zero-order chi connectivity index (χ0) is 22.0. The Morgan fingerprint density at radius 3 is 2.94 bits per heavy atom. The SMILES string of the molecule is C(#C[C@H]1CCCN1)c1cc2ncnc(Nc3ccc4c(c3)NN(Cc3ccccc3)C4)c2s1. The predicted molar refractivity (Wildman–Crippen MR) is 134 cm³/mol. The van der Waals surface area contributed by atoms with Gasteiger partial charge in [-0.15, -0.1) is 11.3 Å². The molecule has 3 N–H and O–H groups in total. The second kappa shape index (κ2) is 8.83. The van der Waals surface area contributed by atoms with Crippen molar-refractivity contribution in [1.29, 1.82) is 0 Å². The van der Waals surface area contributed by atoms with Crippen LogP contribution in [-0.4, -0.2) is 27.6 Å². The van der Waals surface area contributed by atoms with Gasteiger partial charge in [-0.2, -0.15) is 0 Å². The number of aromatic nitrogens is 2. The molecule has 2 aliphatic rings. The summed E-state index contributed by atoms with van der Waals surface area (Å²) >= 11 is 1.64. The van der Waals surface area contributed by atoms with Gasteiger partial charge in [-0.1, -0.05) is 48.2 Å². The molecule has 2 aromatic carbocycles. The maximum Gasteiger partial charge on any atom is 0.151 e. The van der Waals surface area contributed by atoms with Crippen molar-refractivity contribution in [2.45, 2.75) is 32.0 Å². The first-order valence-electron chi connectivity index (χ1n) is 11.3. The minimum atomic E-state index is 0.305. The number of benzene rings is 2. The molecule has 7 heteroatoms. The summed E-state index contributed by atoms with van der Waals surface area (Å²) in [6, 6.07) is 19.3. The second-order valence-electron chi connectivity index (χ2n) is 8.42. The van der Waals surface area contributed by atoms with Gasteiger partial charge in [0.15, 0.2) is 5.82 Å². The first-order chi connectivity index (χ1) is 16.3. The first kappa shape index (κ1) is 20.2. The van der Waals surface area contributed by atoms with Crippen LogP contribution in [0.1, 0.15) is 28.8 Å². The number of hydrogen-bond acceptors (Lipinski definition) is 7. The highest BCUT2D eigenvalue weighted by molar-refractivity contribution is 7.20. The third kappa shape index (κ3) is 4.41. The van der Waals surface area contributed by atoms with E-state index in [9.17, 15) is 0 Å². The first-order valence-corrected chi connectivity index (χ1v) is 12.1. The molecule has 0 amide bonds. The van der Waals surface area contributed by atoms with Crippen LogP contribution in [-0.2, 0) is 13.1 Å². The molecule has 0 saturated carbocycles. The summed E-state index contributed by atoms with van der Waals surface area (Å²) in [6.45, 7) is 2.80. The highest BCUT2D eigenvalue weighted by Crippen LogP contribution is 2.33. The van der Waals surface area contributed by atoms with E-state index in [2.05, 4.69) is 91.4 Å². The Labute approximate surface area is 197 Å². The zero-order valence-corrected chi connectivity index (χ0v) is 19.0. The van der Waals surface area contributed by atoms with Crippen LogP contribution in [0.3, 0.4) is 0 Å². The topological polar surface area (TPSA) is 65.1 Å². The van der Waals surface area contributed by atoms with Crippen molar-refractivity contribution in [3.05, 3.63) is 76.9 Å². The maximum atomic E-state index is 4.51. The van der Waals surface area contributed by atoms with Gasteiger partial charge in [-0.25, -0.2) is 15.0 Å². The molecular formula is C26H24N6S. The van der Waals surface area contributed by atoms with E-state index in [1.54, 1.807) is 17.7 Å². The largest absolute Gasteiger partial charge is 0.339 e. The van der Waals surface area contributed by atoms with Gasteiger partial charge in [0.05, 0.1) is 26.8 Å². The molecular weight excluding hydrogens is 428 g/mol. The summed E-state index contributed by atoms with van der Waals surface area (Å²) in [5.41, 5.74) is 9.17. The highest BCUT2D eigenvalue weighted by Gasteiger charge is 2.19. The number of fused-ring (bicyclic) bond motifs is 2. The van der Waals surface area contributed by atoms with E-state index < -0.39 is 0 Å². The van der Waals surface area contributed by atoms with E-state index in [0.29, 0.717) is 6.04 Å². The minimum Gasteiger partial charge on any atom is -0.339 e. The van der Waals surface area contributed by atoms with E-state index in [0.717, 1.165) is 58.3 Å². The number of anilines is 3. The van der Waals surface area contributed by atoms with Gasteiger partial charge in [-0.3, -0.25) is 0 Å². The predicted octanol–water partition coefficient (Wildman–Crippen LogP) is 4.88. The fourth-order valence-electron chi connectivity index (χ4n) is 4.32. The van der Waals surface area contributed by atoms with Gasteiger partial charge < -0.3 is 16.1 Å². The molecule has 1 atom stereocenters. The fourth-order valence-corrected chi connectivity index (χ4v) is 5.24. The third-order valence-corrected chi connectivity index (χ3v) is 7.02. The molecule has 33 heavy (non-hydrogen) atoms. The van der Waals surface area contributed by atoms with Crippen molar-refractivity contribution in [3.8, 4) is 11.8 Å². The van der Waals surface area contributed by atoms with Crippen LogP contribution in [0.15, 0.2) is 60.9 Å². The molecule has 6 nitrogen and oxygen atoms in total. The lowest BCUT2D eigenvalue weighted by molar-refractivity contribution is 0.335. The number of rotatable bonds is 4. The maximum absolute atomic E-state index is 4.51. The van der Waals surface area contributed by atoms with Crippen molar-refractivity contribution in [1.82, 2.24) is 20.3 Å². The number of hydrogen-bond donors (Lipinski definition) is 3. The van der Waals surface area contributed by atoms with Crippen LogP contribution in [0.2, 0.25) is 0 Å². The molecule has 164 valence electrons. The lowest BCUT2D eigenvalue weighted by Crippen LogP contribution is -2.22. The molecule has 1 fully saturated rings. The Bertz CT molecular complexity index is 1350. The molecule has 0 bridgehead atoms. The Morgan fingerprint density at radius 2 is 2.06 bits per heavy atom. The van der Waals surface area contributed by atoms with E-state index in [-0.39, 0.29) is 0 Å². The van der Waals surface area contributed by atoms with Crippen molar-refractivity contribution in [2.75, 3.05) is 17.3 Å². The average Bonchev–Trinajstić information content (AvgIpc) is 3.58. The van der Waals surface area contributed by atoms with Gasteiger partial charge in [0, 0.05) is 18.8 Å². The smallest absolute Gasteiger partial charge is 0.151 e. The van der Waals surface area contributed by atoms with Crippen LogP contribution in [0.4, 0.5) is 17.2 Å². The van der Waals surface area contributed by atoms with Crippen molar-refractivity contribution in [3.63, 3.8) is 0 Å². The van der Waals surface area contributed by atoms with Gasteiger partial charge in [0.1, 0.15) is 6.33 Å². The highest BCUT2D eigenvalue weighted by atomic mass is 32.1. The number of nitrogens with one attached hydrogen (secondary N) is 3. The molecule has 0 radical (unpaired) electrons. The molecule has 2 aromatic heterocycles. The van der Waals surface area contributed by atoms with Gasteiger partial charge in [0.2, 0.25) is 0 Å². The molecule has 4 aromatic rings. The summed E-state index contributed by atoms with van der Waals surface area (Å²) in [4.78, 5) is 9.99. The Balaban J connectivity index is 1.19. The molecule has 4 heterocycles. The summed E-state index contributed by atoms with van der Waals surface area (Å²) < 4.78 is 1.03. The second-order valence-corrected chi connectivity index (χ2v) is 9.47.